The van der Waals surface area contributed by atoms with Crippen LogP contribution in [-0.2, 0) is 0 Å². The maximum atomic E-state index is 6.04. The molecule has 0 saturated heterocycles. The summed E-state index contributed by atoms with van der Waals surface area (Å²) in [6.45, 7) is 1.89. The molecule has 0 aliphatic heterocycles. The molecule has 0 amide bonds. The van der Waals surface area contributed by atoms with E-state index in [-0.39, 0.29) is 0 Å². The number of nitrogens with one attached hydrogen (secondary N) is 1. The molecule has 0 unspecified atom stereocenters. The minimum absolute atomic E-state index is 0.362. The number of furan rings is 1. The Labute approximate surface area is 126 Å². The third kappa shape index (κ3) is 2.48. The fraction of sp³-hybridized carbons (Fsp3) is 0.133. The molecule has 0 aliphatic rings. The average Bonchev–Trinajstić information content (AvgIpc) is 3.05. The van der Waals surface area contributed by atoms with E-state index in [4.69, 9.17) is 26.5 Å². The van der Waals surface area contributed by atoms with Crippen LogP contribution in [0.3, 0.4) is 0 Å². The van der Waals surface area contributed by atoms with Gasteiger partial charge in [-0.1, -0.05) is 11.6 Å². The molecule has 5 nitrogen and oxygen atoms in total. The summed E-state index contributed by atoms with van der Waals surface area (Å²) in [5, 5.41) is 0.615. The van der Waals surface area contributed by atoms with E-state index in [1.807, 2.05) is 19.1 Å². The van der Waals surface area contributed by atoms with Crippen LogP contribution in [0.2, 0.25) is 5.02 Å². The maximum Gasteiger partial charge on any atom is 0.198 e. The van der Waals surface area contributed by atoms with Gasteiger partial charge >= 0.3 is 0 Å². The monoisotopic (exact) mass is 303 g/mol. The molecule has 0 fully saturated rings. The van der Waals surface area contributed by atoms with Gasteiger partial charge < -0.3 is 19.9 Å². The molecule has 21 heavy (non-hydrogen) atoms. The zero-order valence-electron chi connectivity index (χ0n) is 11.6. The lowest BCUT2D eigenvalue weighted by Crippen LogP contribution is -1.86. The van der Waals surface area contributed by atoms with Crippen LogP contribution < -0.4 is 10.5 Å². The molecule has 108 valence electrons. The second-order valence-corrected chi connectivity index (χ2v) is 5.04. The quantitative estimate of drug-likeness (QED) is 0.769. The molecule has 0 atom stereocenters. The zero-order chi connectivity index (χ0) is 15.0. The molecule has 0 aliphatic carbocycles. The number of halogens is 1. The first-order chi connectivity index (χ1) is 10.1. The number of aromatic nitrogens is 2. The Hall–Kier alpha value is -2.40. The number of ether oxygens (including phenoxy) is 1. The molecule has 0 radical (unpaired) electrons. The van der Waals surface area contributed by atoms with E-state index in [2.05, 4.69) is 9.97 Å². The highest BCUT2D eigenvalue weighted by Gasteiger charge is 2.15. The second-order valence-electron chi connectivity index (χ2n) is 4.60. The predicted octanol–water partition coefficient (Wildman–Crippen LogP) is 3.89. The van der Waals surface area contributed by atoms with Crippen LogP contribution in [0.4, 0.5) is 5.95 Å². The van der Waals surface area contributed by atoms with Crippen LogP contribution in [0.1, 0.15) is 5.69 Å². The van der Waals surface area contributed by atoms with Crippen LogP contribution in [0, 0.1) is 6.92 Å². The lowest BCUT2D eigenvalue weighted by molar-refractivity contribution is 0.415. The summed E-state index contributed by atoms with van der Waals surface area (Å²) in [5.41, 5.74) is 7.99. The van der Waals surface area contributed by atoms with Crippen molar-refractivity contribution in [2.45, 2.75) is 6.92 Å². The van der Waals surface area contributed by atoms with Crippen molar-refractivity contribution in [3.8, 4) is 28.5 Å². The van der Waals surface area contributed by atoms with Crippen molar-refractivity contribution in [1.82, 2.24) is 9.97 Å². The Morgan fingerprint density at radius 3 is 2.67 bits per heavy atom. The SMILES string of the molecule is COc1ccc(Cl)cc1-c1ccc(-c2nc(N)[nH]c2C)o1. The third-order valence-corrected chi connectivity index (χ3v) is 3.40. The lowest BCUT2D eigenvalue weighted by Gasteiger charge is -2.06. The summed E-state index contributed by atoms with van der Waals surface area (Å²) in [7, 11) is 1.61. The summed E-state index contributed by atoms with van der Waals surface area (Å²) in [6, 6.07) is 9.07. The topological polar surface area (TPSA) is 77.1 Å². The number of hydrogen-bond acceptors (Lipinski definition) is 4. The molecule has 2 heterocycles. The predicted molar refractivity (Wildman–Crippen MR) is 82.4 cm³/mol. The number of benzene rings is 1. The zero-order valence-corrected chi connectivity index (χ0v) is 12.4. The minimum Gasteiger partial charge on any atom is -0.496 e. The summed E-state index contributed by atoms with van der Waals surface area (Å²) in [5.74, 6) is 2.35. The molecule has 1 aromatic carbocycles. The van der Waals surface area contributed by atoms with Gasteiger partial charge in [-0.25, -0.2) is 4.98 Å². The number of methoxy groups -OCH3 is 1. The van der Waals surface area contributed by atoms with Gasteiger partial charge in [0.2, 0.25) is 0 Å². The molecule has 3 N–H and O–H groups in total. The van der Waals surface area contributed by atoms with Crippen LogP contribution >= 0.6 is 11.6 Å². The fourth-order valence-corrected chi connectivity index (χ4v) is 2.38. The summed E-state index contributed by atoms with van der Waals surface area (Å²) >= 11 is 6.04. The Bertz CT molecular complexity index is 792. The number of H-pyrrole nitrogens is 1. The van der Waals surface area contributed by atoms with Crippen molar-refractivity contribution in [1.29, 1.82) is 0 Å². The van der Waals surface area contributed by atoms with Gasteiger partial charge in [0.15, 0.2) is 11.7 Å². The van der Waals surface area contributed by atoms with Gasteiger partial charge in [-0.05, 0) is 37.3 Å². The Morgan fingerprint density at radius 2 is 2.00 bits per heavy atom. The van der Waals surface area contributed by atoms with E-state index >= 15 is 0 Å². The molecule has 0 saturated carbocycles. The van der Waals surface area contributed by atoms with Gasteiger partial charge in [-0.15, -0.1) is 0 Å². The van der Waals surface area contributed by atoms with Crippen molar-refractivity contribution in [3.63, 3.8) is 0 Å². The minimum atomic E-state index is 0.362. The standard InChI is InChI=1S/C15H14ClN3O2/c1-8-14(19-15(17)18-8)13-6-5-12(21-13)10-7-9(16)3-4-11(10)20-2/h3-7H,1-2H3,(H3,17,18,19). The Kier molecular flexibility index (Phi) is 3.35. The summed E-state index contributed by atoms with van der Waals surface area (Å²) in [4.78, 5) is 7.17. The molecule has 2 aromatic heterocycles. The highest BCUT2D eigenvalue weighted by atomic mass is 35.5. The largest absolute Gasteiger partial charge is 0.496 e. The van der Waals surface area contributed by atoms with E-state index < -0.39 is 0 Å². The maximum absolute atomic E-state index is 6.04. The first kappa shape index (κ1) is 13.6. The van der Waals surface area contributed by atoms with Gasteiger partial charge in [-0.2, -0.15) is 0 Å². The molecule has 6 heteroatoms. The van der Waals surface area contributed by atoms with Crippen molar-refractivity contribution in [2.24, 2.45) is 0 Å². The van der Waals surface area contributed by atoms with E-state index in [0.717, 1.165) is 11.3 Å². The number of nitrogens with zero attached hydrogens (tertiary/aromatic N) is 1. The van der Waals surface area contributed by atoms with Crippen LogP contribution in [0.15, 0.2) is 34.7 Å². The first-order valence-electron chi connectivity index (χ1n) is 6.34. The van der Waals surface area contributed by atoms with E-state index in [1.54, 1.807) is 25.3 Å². The molecule has 3 aromatic rings. The van der Waals surface area contributed by atoms with Gasteiger partial charge in [0, 0.05) is 10.7 Å². The van der Waals surface area contributed by atoms with Gasteiger partial charge in [0.25, 0.3) is 0 Å². The van der Waals surface area contributed by atoms with E-state index in [1.165, 1.54) is 0 Å². The number of imidazole rings is 1. The summed E-state index contributed by atoms with van der Waals surface area (Å²) < 4.78 is 11.2. The molecule has 0 spiro atoms. The number of anilines is 1. The number of aryl methyl sites for hydroxylation is 1. The van der Waals surface area contributed by atoms with Crippen molar-refractivity contribution in [2.75, 3.05) is 12.8 Å². The molecule has 3 rings (SSSR count). The second kappa shape index (κ2) is 5.18. The number of nitrogens with two attached hydrogens (primary N) is 1. The highest BCUT2D eigenvalue weighted by molar-refractivity contribution is 6.30. The number of aromatic amines is 1. The highest BCUT2D eigenvalue weighted by Crippen LogP contribution is 2.36. The first-order valence-corrected chi connectivity index (χ1v) is 6.72. The van der Waals surface area contributed by atoms with Gasteiger partial charge in [0.05, 0.1) is 12.7 Å². The molecular formula is C15H14ClN3O2. The number of hydrogen-bond donors (Lipinski definition) is 2. The van der Waals surface area contributed by atoms with Crippen LogP contribution in [-0.4, -0.2) is 17.1 Å². The molecule has 0 bridgehead atoms. The third-order valence-electron chi connectivity index (χ3n) is 3.17. The van der Waals surface area contributed by atoms with Crippen molar-refractivity contribution in [3.05, 3.63) is 41.0 Å². The van der Waals surface area contributed by atoms with Crippen molar-refractivity contribution < 1.29 is 9.15 Å². The summed E-state index contributed by atoms with van der Waals surface area (Å²) in [6.07, 6.45) is 0. The van der Waals surface area contributed by atoms with Gasteiger partial charge in [-0.3, -0.25) is 0 Å². The van der Waals surface area contributed by atoms with Crippen LogP contribution in [0.5, 0.6) is 5.75 Å². The Morgan fingerprint density at radius 1 is 1.24 bits per heavy atom. The molecular weight excluding hydrogens is 290 g/mol. The average molecular weight is 304 g/mol. The smallest absolute Gasteiger partial charge is 0.198 e. The number of nitrogen functional groups attached to an aromatic ring is 1. The van der Waals surface area contributed by atoms with E-state index in [0.29, 0.717) is 33.9 Å². The van der Waals surface area contributed by atoms with E-state index in [9.17, 15) is 0 Å². The normalized spacial score (nSPS) is 10.8. The lowest BCUT2D eigenvalue weighted by atomic mass is 10.1. The van der Waals surface area contributed by atoms with Gasteiger partial charge in [0.1, 0.15) is 17.2 Å². The number of rotatable bonds is 3. The van der Waals surface area contributed by atoms with Crippen molar-refractivity contribution >= 4 is 17.5 Å². The fourth-order valence-electron chi connectivity index (χ4n) is 2.21. The van der Waals surface area contributed by atoms with Crippen LogP contribution in [0.25, 0.3) is 22.8 Å². The Balaban J connectivity index is 2.06.